The van der Waals surface area contributed by atoms with E-state index in [4.69, 9.17) is 4.74 Å². The Kier molecular flexibility index (Phi) is 4.44. The molecule has 23 heavy (non-hydrogen) atoms. The van der Waals surface area contributed by atoms with Gasteiger partial charge in [0.1, 0.15) is 0 Å². The van der Waals surface area contributed by atoms with Gasteiger partial charge in [-0.25, -0.2) is 0 Å². The molecule has 0 bridgehead atoms. The Bertz CT molecular complexity index is 530. The lowest BCUT2D eigenvalue weighted by molar-refractivity contribution is 0.00901. The standard InChI is InChI=1S/C20H30N2O/c1-17(22-12-14-23-15-13-22)16-21-10-8-20(9-11-21)7-6-18-4-2-3-5-19(18)20/h2-5,17H,6-16H2,1H3. The van der Waals surface area contributed by atoms with E-state index in [-0.39, 0.29) is 0 Å². The second kappa shape index (κ2) is 6.54. The SMILES string of the molecule is CC(CN1CCC2(CCc3ccccc32)CC1)N1CCOCC1. The summed E-state index contributed by atoms with van der Waals surface area (Å²) in [5.41, 5.74) is 3.78. The average Bonchev–Trinajstić information content (AvgIpc) is 2.97. The van der Waals surface area contributed by atoms with Crippen molar-refractivity contribution in [3.63, 3.8) is 0 Å². The summed E-state index contributed by atoms with van der Waals surface area (Å²) in [4.78, 5) is 5.30. The number of rotatable bonds is 3. The molecule has 1 aromatic carbocycles. The summed E-state index contributed by atoms with van der Waals surface area (Å²) >= 11 is 0. The monoisotopic (exact) mass is 314 g/mol. The van der Waals surface area contributed by atoms with Crippen LogP contribution in [0.15, 0.2) is 24.3 Å². The van der Waals surface area contributed by atoms with Gasteiger partial charge in [-0.2, -0.15) is 0 Å². The third-order valence-electron chi connectivity index (χ3n) is 6.47. The van der Waals surface area contributed by atoms with E-state index in [2.05, 4.69) is 41.0 Å². The van der Waals surface area contributed by atoms with E-state index in [1.54, 1.807) is 11.1 Å². The lowest BCUT2D eigenvalue weighted by atomic mass is 9.74. The van der Waals surface area contributed by atoms with Crippen molar-refractivity contribution in [3.05, 3.63) is 35.4 Å². The van der Waals surface area contributed by atoms with Gasteiger partial charge in [0.25, 0.3) is 0 Å². The molecule has 1 atom stereocenters. The number of likely N-dealkylation sites (tertiary alicyclic amines) is 1. The summed E-state index contributed by atoms with van der Waals surface area (Å²) in [5, 5.41) is 0. The zero-order chi connectivity index (χ0) is 15.7. The third-order valence-corrected chi connectivity index (χ3v) is 6.47. The van der Waals surface area contributed by atoms with Crippen molar-refractivity contribution in [1.82, 2.24) is 9.80 Å². The molecular formula is C20H30N2O. The maximum Gasteiger partial charge on any atom is 0.0594 e. The van der Waals surface area contributed by atoms with Gasteiger partial charge in [-0.3, -0.25) is 4.90 Å². The largest absolute Gasteiger partial charge is 0.379 e. The van der Waals surface area contributed by atoms with Gasteiger partial charge < -0.3 is 9.64 Å². The van der Waals surface area contributed by atoms with E-state index < -0.39 is 0 Å². The second-order valence-electron chi connectivity index (χ2n) is 7.74. The molecule has 0 N–H and O–H groups in total. The third kappa shape index (κ3) is 3.07. The fourth-order valence-electron chi connectivity index (χ4n) is 4.95. The van der Waals surface area contributed by atoms with Crippen molar-refractivity contribution < 1.29 is 4.74 Å². The minimum atomic E-state index is 0.495. The van der Waals surface area contributed by atoms with Gasteiger partial charge in [-0.15, -0.1) is 0 Å². The van der Waals surface area contributed by atoms with Crippen LogP contribution in [-0.4, -0.2) is 61.8 Å². The quantitative estimate of drug-likeness (QED) is 0.853. The van der Waals surface area contributed by atoms with Crippen LogP contribution in [0.25, 0.3) is 0 Å². The van der Waals surface area contributed by atoms with Crippen molar-refractivity contribution in [2.24, 2.45) is 0 Å². The van der Waals surface area contributed by atoms with E-state index in [0.717, 1.165) is 26.3 Å². The van der Waals surface area contributed by atoms with E-state index in [9.17, 15) is 0 Å². The van der Waals surface area contributed by atoms with E-state index >= 15 is 0 Å². The van der Waals surface area contributed by atoms with Crippen LogP contribution in [0.4, 0.5) is 0 Å². The summed E-state index contributed by atoms with van der Waals surface area (Å²) in [5.74, 6) is 0. The number of piperidine rings is 1. The van der Waals surface area contributed by atoms with Crippen molar-refractivity contribution >= 4 is 0 Å². The first-order valence-corrected chi connectivity index (χ1v) is 9.39. The molecule has 0 amide bonds. The first-order chi connectivity index (χ1) is 11.3. The number of fused-ring (bicyclic) bond motifs is 2. The molecule has 2 heterocycles. The molecule has 1 unspecified atom stereocenters. The number of aryl methyl sites for hydroxylation is 1. The molecule has 0 aromatic heterocycles. The van der Waals surface area contributed by atoms with Gasteiger partial charge in [-0.1, -0.05) is 24.3 Å². The summed E-state index contributed by atoms with van der Waals surface area (Å²) in [7, 11) is 0. The van der Waals surface area contributed by atoms with Crippen molar-refractivity contribution in [2.45, 2.75) is 44.1 Å². The predicted octanol–water partition coefficient (Wildman–Crippen LogP) is 2.69. The van der Waals surface area contributed by atoms with Crippen molar-refractivity contribution in [3.8, 4) is 0 Å². The Morgan fingerprint density at radius 2 is 1.78 bits per heavy atom. The number of nitrogens with zero attached hydrogens (tertiary/aromatic N) is 2. The van der Waals surface area contributed by atoms with Crippen LogP contribution >= 0.6 is 0 Å². The maximum atomic E-state index is 5.48. The fourth-order valence-corrected chi connectivity index (χ4v) is 4.95. The highest BCUT2D eigenvalue weighted by atomic mass is 16.5. The predicted molar refractivity (Wildman–Crippen MR) is 94.0 cm³/mol. The Morgan fingerprint density at radius 1 is 1.04 bits per heavy atom. The molecule has 1 aliphatic carbocycles. The number of morpholine rings is 1. The maximum absolute atomic E-state index is 5.48. The first-order valence-electron chi connectivity index (χ1n) is 9.39. The van der Waals surface area contributed by atoms with E-state index in [0.29, 0.717) is 11.5 Å². The highest BCUT2D eigenvalue weighted by Crippen LogP contribution is 2.46. The average molecular weight is 314 g/mol. The van der Waals surface area contributed by atoms with Crippen LogP contribution in [0.1, 0.15) is 37.3 Å². The van der Waals surface area contributed by atoms with Crippen molar-refractivity contribution in [2.75, 3.05) is 45.9 Å². The molecule has 3 aliphatic rings. The minimum Gasteiger partial charge on any atom is -0.379 e. The van der Waals surface area contributed by atoms with Gasteiger partial charge in [0.15, 0.2) is 0 Å². The fraction of sp³-hybridized carbons (Fsp3) is 0.700. The molecule has 4 rings (SSSR count). The lowest BCUT2D eigenvalue weighted by Gasteiger charge is -2.42. The molecule has 2 saturated heterocycles. The Labute approximate surface area is 140 Å². The summed E-state index contributed by atoms with van der Waals surface area (Å²) in [6, 6.07) is 9.84. The number of hydrogen-bond donors (Lipinski definition) is 0. The molecule has 0 saturated carbocycles. The Balaban J connectivity index is 1.35. The molecular weight excluding hydrogens is 284 g/mol. The molecule has 3 nitrogen and oxygen atoms in total. The summed E-state index contributed by atoms with van der Waals surface area (Å²) in [6.45, 7) is 10.2. The van der Waals surface area contributed by atoms with E-state index in [1.165, 1.54) is 45.3 Å². The van der Waals surface area contributed by atoms with E-state index in [1.807, 2.05) is 0 Å². The number of hydrogen-bond acceptors (Lipinski definition) is 3. The smallest absolute Gasteiger partial charge is 0.0594 e. The Morgan fingerprint density at radius 3 is 2.57 bits per heavy atom. The van der Waals surface area contributed by atoms with Crippen molar-refractivity contribution in [1.29, 1.82) is 0 Å². The first kappa shape index (κ1) is 15.6. The minimum absolute atomic E-state index is 0.495. The summed E-state index contributed by atoms with van der Waals surface area (Å²) < 4.78 is 5.48. The molecule has 126 valence electrons. The highest BCUT2D eigenvalue weighted by molar-refractivity contribution is 5.39. The summed E-state index contributed by atoms with van der Waals surface area (Å²) in [6.07, 6.45) is 5.36. The van der Waals surface area contributed by atoms with Crippen LogP contribution in [-0.2, 0) is 16.6 Å². The van der Waals surface area contributed by atoms with Gasteiger partial charge in [0.2, 0.25) is 0 Å². The lowest BCUT2D eigenvalue weighted by Crippen LogP contribution is -2.50. The van der Waals surface area contributed by atoms with Crippen LogP contribution < -0.4 is 0 Å². The van der Waals surface area contributed by atoms with Gasteiger partial charge in [0.05, 0.1) is 13.2 Å². The molecule has 2 fully saturated rings. The van der Waals surface area contributed by atoms with Crippen LogP contribution in [0, 0.1) is 0 Å². The van der Waals surface area contributed by atoms with Crippen LogP contribution in [0.5, 0.6) is 0 Å². The van der Waals surface area contributed by atoms with Gasteiger partial charge >= 0.3 is 0 Å². The van der Waals surface area contributed by atoms with Gasteiger partial charge in [-0.05, 0) is 62.2 Å². The Hall–Kier alpha value is -0.900. The second-order valence-corrected chi connectivity index (χ2v) is 7.74. The zero-order valence-corrected chi connectivity index (χ0v) is 14.5. The molecule has 0 radical (unpaired) electrons. The molecule has 2 aliphatic heterocycles. The zero-order valence-electron chi connectivity index (χ0n) is 14.5. The van der Waals surface area contributed by atoms with Crippen LogP contribution in [0.3, 0.4) is 0 Å². The molecule has 1 spiro atoms. The molecule has 3 heteroatoms. The highest BCUT2D eigenvalue weighted by Gasteiger charge is 2.41. The molecule has 1 aromatic rings. The van der Waals surface area contributed by atoms with Crippen LogP contribution in [0.2, 0.25) is 0 Å². The normalized spacial score (nSPS) is 26.3. The number of benzene rings is 1. The van der Waals surface area contributed by atoms with Gasteiger partial charge in [0, 0.05) is 25.7 Å². The number of ether oxygens (including phenoxy) is 1. The topological polar surface area (TPSA) is 15.7 Å².